The van der Waals surface area contributed by atoms with Gasteiger partial charge in [-0.05, 0) is 12.1 Å². The minimum atomic E-state index is -4.11. The van der Waals surface area contributed by atoms with Gasteiger partial charge >= 0.3 is 0 Å². The molecule has 1 aromatic rings. The van der Waals surface area contributed by atoms with E-state index in [-0.39, 0.29) is 12.1 Å². The average Bonchev–Trinajstić information content (AvgIpc) is 2.36. The molecule has 0 spiro atoms. The van der Waals surface area contributed by atoms with E-state index in [0.717, 1.165) is 12.1 Å². The van der Waals surface area contributed by atoms with Gasteiger partial charge in [-0.1, -0.05) is 6.92 Å². The number of carbonyl (C=O) groups excluding carboxylic acids is 2. The Hall–Kier alpha value is -2.33. The van der Waals surface area contributed by atoms with Crippen LogP contribution in [0.15, 0.2) is 23.1 Å². The molecule has 0 aromatic heterocycles. The van der Waals surface area contributed by atoms with E-state index in [2.05, 4.69) is 5.32 Å². The molecule has 0 aliphatic heterocycles. The number of nitrogens with one attached hydrogen (secondary N) is 1. The number of hydrogen-bond acceptors (Lipinski definition) is 6. The van der Waals surface area contributed by atoms with Gasteiger partial charge in [0.15, 0.2) is 0 Å². The van der Waals surface area contributed by atoms with Gasteiger partial charge in [-0.15, -0.1) is 0 Å². The molecule has 9 nitrogen and oxygen atoms in total. The third kappa shape index (κ3) is 3.59. The second-order valence-electron chi connectivity index (χ2n) is 3.71. The fourth-order valence-electron chi connectivity index (χ4n) is 1.30. The fraction of sp³-hybridized carbons (Fsp3) is 0.200. The molecule has 0 aliphatic carbocycles. The number of hydrogen-bond donors (Lipinski definition) is 2. The van der Waals surface area contributed by atoms with Crippen LogP contribution in [0, 0.1) is 10.1 Å². The first kappa shape index (κ1) is 15.7. The lowest BCUT2D eigenvalue weighted by Crippen LogP contribution is -2.22. The molecule has 108 valence electrons. The van der Waals surface area contributed by atoms with Gasteiger partial charge in [-0.2, -0.15) is 0 Å². The molecule has 0 heterocycles. The molecule has 10 heteroatoms. The number of ketones is 1. The van der Waals surface area contributed by atoms with E-state index < -0.39 is 37.2 Å². The van der Waals surface area contributed by atoms with E-state index in [0.29, 0.717) is 6.07 Å². The van der Waals surface area contributed by atoms with Crippen molar-refractivity contribution in [2.75, 3.05) is 5.32 Å². The number of Topliss-reactive ketones (excluding diaryl/α,β-unsaturated/α-hetero) is 1. The Labute approximate surface area is 114 Å². The summed E-state index contributed by atoms with van der Waals surface area (Å²) in [6.07, 6.45) is -0.0606. The molecule has 0 bridgehead atoms. The van der Waals surface area contributed by atoms with Gasteiger partial charge < -0.3 is 5.32 Å². The maximum atomic E-state index is 11.4. The quantitative estimate of drug-likeness (QED) is 0.449. The first-order valence-electron chi connectivity index (χ1n) is 5.32. The number of nitrogens with two attached hydrogens (primary N) is 1. The lowest BCUT2D eigenvalue weighted by atomic mass is 10.2. The summed E-state index contributed by atoms with van der Waals surface area (Å²) in [5, 5.41) is 17.8. The van der Waals surface area contributed by atoms with Gasteiger partial charge in [0, 0.05) is 12.5 Å². The van der Waals surface area contributed by atoms with Crippen LogP contribution in [0.4, 0.5) is 11.4 Å². The number of nitrogens with zero attached hydrogens (tertiary/aromatic N) is 1. The summed E-state index contributed by atoms with van der Waals surface area (Å²) in [6.45, 7) is 1.46. The predicted molar refractivity (Wildman–Crippen MR) is 68.4 cm³/mol. The highest BCUT2D eigenvalue weighted by molar-refractivity contribution is 7.89. The molecule has 20 heavy (non-hydrogen) atoms. The van der Waals surface area contributed by atoms with Gasteiger partial charge in [0.05, 0.1) is 9.82 Å². The van der Waals surface area contributed by atoms with Crippen LogP contribution < -0.4 is 10.5 Å². The Bertz CT molecular complexity index is 682. The van der Waals surface area contributed by atoms with E-state index in [1.165, 1.54) is 6.92 Å². The Morgan fingerprint density at radius 2 is 2.00 bits per heavy atom. The smallest absolute Gasteiger partial charge is 0.294 e. The second-order valence-corrected chi connectivity index (χ2v) is 5.27. The van der Waals surface area contributed by atoms with Gasteiger partial charge in [0.25, 0.3) is 11.6 Å². The summed E-state index contributed by atoms with van der Waals surface area (Å²) in [5.74, 6) is -1.77. The Balaban J connectivity index is 3.25. The molecule has 1 aromatic carbocycles. The molecular weight excluding hydrogens is 290 g/mol. The fourth-order valence-corrected chi connectivity index (χ4v) is 1.83. The number of benzene rings is 1. The van der Waals surface area contributed by atoms with Gasteiger partial charge in [0.2, 0.25) is 15.8 Å². The monoisotopic (exact) mass is 301 g/mol. The zero-order valence-corrected chi connectivity index (χ0v) is 11.1. The van der Waals surface area contributed by atoms with Crippen molar-refractivity contribution in [1.29, 1.82) is 0 Å². The highest BCUT2D eigenvalue weighted by Gasteiger charge is 2.22. The number of nitro benzene ring substituents is 1. The average molecular weight is 301 g/mol. The summed E-state index contributed by atoms with van der Waals surface area (Å²) in [6, 6.07) is 2.70. The van der Waals surface area contributed by atoms with Crippen LogP contribution in [0.25, 0.3) is 0 Å². The van der Waals surface area contributed by atoms with Crippen molar-refractivity contribution in [2.24, 2.45) is 5.14 Å². The molecular formula is C10H11N3O6S. The maximum Gasteiger partial charge on any atom is 0.294 e. The normalized spacial score (nSPS) is 10.9. The van der Waals surface area contributed by atoms with E-state index in [4.69, 9.17) is 5.14 Å². The third-order valence-electron chi connectivity index (χ3n) is 2.32. The second kappa shape index (κ2) is 5.75. The summed E-state index contributed by atoms with van der Waals surface area (Å²) >= 11 is 0. The molecule has 0 atom stereocenters. The third-order valence-corrected chi connectivity index (χ3v) is 3.23. The van der Waals surface area contributed by atoms with Crippen molar-refractivity contribution >= 4 is 33.1 Å². The predicted octanol–water partition coefficient (Wildman–Crippen LogP) is 0.160. The van der Waals surface area contributed by atoms with Crippen molar-refractivity contribution < 1.29 is 22.9 Å². The summed E-state index contributed by atoms with van der Waals surface area (Å²) in [4.78, 5) is 32.0. The Morgan fingerprint density at radius 1 is 1.40 bits per heavy atom. The molecule has 0 aliphatic rings. The highest BCUT2D eigenvalue weighted by atomic mass is 32.2. The molecule has 0 saturated heterocycles. The molecule has 3 N–H and O–H groups in total. The molecule has 1 rings (SSSR count). The summed E-state index contributed by atoms with van der Waals surface area (Å²) in [7, 11) is -4.11. The number of nitro groups is 1. The van der Waals surface area contributed by atoms with Crippen molar-refractivity contribution in [3.8, 4) is 0 Å². The van der Waals surface area contributed by atoms with Gasteiger partial charge in [-0.3, -0.25) is 19.7 Å². The molecule has 1 amide bonds. The molecule has 0 radical (unpaired) electrons. The van der Waals surface area contributed by atoms with Crippen molar-refractivity contribution in [2.45, 2.75) is 18.2 Å². The topological polar surface area (TPSA) is 149 Å². The van der Waals surface area contributed by atoms with Crippen molar-refractivity contribution in [1.82, 2.24) is 0 Å². The number of amides is 1. The number of sulfonamides is 1. The zero-order chi connectivity index (χ0) is 15.5. The van der Waals surface area contributed by atoms with Crippen LogP contribution in [0.2, 0.25) is 0 Å². The Morgan fingerprint density at radius 3 is 2.45 bits per heavy atom. The van der Waals surface area contributed by atoms with Crippen molar-refractivity contribution in [3.63, 3.8) is 0 Å². The van der Waals surface area contributed by atoms with E-state index in [9.17, 15) is 28.1 Å². The lowest BCUT2D eigenvalue weighted by molar-refractivity contribution is -0.384. The molecule has 0 unspecified atom stereocenters. The van der Waals surface area contributed by atoms with Crippen LogP contribution >= 0.6 is 0 Å². The van der Waals surface area contributed by atoms with Crippen LogP contribution in [0.3, 0.4) is 0 Å². The number of anilines is 1. The van der Waals surface area contributed by atoms with Crippen LogP contribution in [-0.2, 0) is 19.6 Å². The van der Waals surface area contributed by atoms with Crippen LogP contribution in [0.5, 0.6) is 0 Å². The van der Waals surface area contributed by atoms with Gasteiger partial charge in [-0.25, -0.2) is 13.6 Å². The lowest BCUT2D eigenvalue weighted by Gasteiger charge is -2.06. The molecule has 0 saturated carbocycles. The Kier molecular flexibility index (Phi) is 4.53. The SMILES string of the molecule is CCC(=O)C(=O)Nc1ccc(S(N)(=O)=O)cc1[N+](=O)[O-]. The first-order chi connectivity index (χ1) is 9.16. The van der Waals surface area contributed by atoms with E-state index in [1.54, 1.807) is 0 Å². The number of carbonyl (C=O) groups is 2. The first-order valence-corrected chi connectivity index (χ1v) is 6.87. The summed E-state index contributed by atoms with van der Waals surface area (Å²) in [5.41, 5.74) is -0.956. The highest BCUT2D eigenvalue weighted by Crippen LogP contribution is 2.27. The minimum absolute atomic E-state index is 0.0606. The summed E-state index contributed by atoms with van der Waals surface area (Å²) < 4.78 is 22.2. The molecule has 0 fully saturated rings. The van der Waals surface area contributed by atoms with E-state index >= 15 is 0 Å². The number of rotatable bonds is 5. The van der Waals surface area contributed by atoms with Crippen LogP contribution in [-0.4, -0.2) is 25.0 Å². The standard InChI is InChI=1S/C10H11N3O6S/c1-2-9(14)10(15)12-7-4-3-6(20(11,18)19)5-8(7)13(16)17/h3-5H,2H2,1H3,(H,12,15)(H2,11,18,19). The van der Waals surface area contributed by atoms with Crippen LogP contribution in [0.1, 0.15) is 13.3 Å². The largest absolute Gasteiger partial charge is 0.314 e. The maximum absolute atomic E-state index is 11.4. The van der Waals surface area contributed by atoms with E-state index in [1.807, 2.05) is 0 Å². The number of primary sulfonamides is 1. The zero-order valence-electron chi connectivity index (χ0n) is 10.3. The van der Waals surface area contributed by atoms with Gasteiger partial charge in [0.1, 0.15) is 5.69 Å². The minimum Gasteiger partial charge on any atom is -0.314 e. The van der Waals surface area contributed by atoms with Crippen molar-refractivity contribution in [3.05, 3.63) is 28.3 Å².